The topological polar surface area (TPSA) is 9.72 Å². The SMILES string of the molecule is c1ccc(-c2cc3ccccc3cc2-c2ccc(N(c3ccc(-c4cccc5ccccc45)cc3)c3cc4ccccc4c4ccccc34)cc2)cc1.c1ccc(-c2ccc(-c3ccc(N(c4ccccc4)c4ccc(-c5cc6ccccc6cc5-c5ccccc5)cc4)cc3)cc2)cc1.c1ccc(-c2cccc(-c3ccc(N(c4ccccc4)c4ccc(-c5cc6ccccc6cc5-c5ccccc5)cc4)cc3)c2)cc1. The van der Waals surface area contributed by atoms with E-state index in [1.807, 2.05) is 0 Å². The molecule has 0 N–H and O–H groups in total. The fourth-order valence-corrected chi connectivity index (χ4v) is 20.9. The first-order chi connectivity index (χ1) is 72.9. The van der Waals surface area contributed by atoms with E-state index in [-0.39, 0.29) is 0 Å². The molecule has 692 valence electrons. The molecule has 0 fully saturated rings. The van der Waals surface area contributed by atoms with Gasteiger partial charge in [0, 0.05) is 50.9 Å². The lowest BCUT2D eigenvalue weighted by Gasteiger charge is -2.28. The molecule has 0 aliphatic heterocycles. The summed E-state index contributed by atoms with van der Waals surface area (Å²) in [6.45, 7) is 0. The summed E-state index contributed by atoms with van der Waals surface area (Å²) in [4.78, 5) is 7.07. The van der Waals surface area contributed by atoms with Crippen LogP contribution in [0.5, 0.6) is 0 Å². The number of rotatable bonds is 20. The van der Waals surface area contributed by atoms with Gasteiger partial charge in [0.25, 0.3) is 0 Å². The van der Waals surface area contributed by atoms with Crippen LogP contribution in [0.2, 0.25) is 0 Å². The van der Waals surface area contributed by atoms with Gasteiger partial charge in [0.2, 0.25) is 0 Å². The van der Waals surface area contributed by atoms with E-state index in [9.17, 15) is 0 Å². The summed E-state index contributed by atoms with van der Waals surface area (Å²) >= 11 is 0. The summed E-state index contributed by atoms with van der Waals surface area (Å²) < 4.78 is 0. The number of anilines is 9. The molecule has 0 saturated heterocycles. The highest BCUT2D eigenvalue weighted by molar-refractivity contribution is 6.15. The van der Waals surface area contributed by atoms with E-state index in [2.05, 4.69) is 627 Å². The van der Waals surface area contributed by atoms with Crippen LogP contribution < -0.4 is 14.7 Å². The molecule has 147 heavy (non-hydrogen) atoms. The number of hydrogen-bond acceptors (Lipinski definition) is 3. The van der Waals surface area contributed by atoms with E-state index in [0.29, 0.717) is 0 Å². The zero-order valence-corrected chi connectivity index (χ0v) is 81.2. The van der Waals surface area contributed by atoms with E-state index in [1.165, 1.54) is 187 Å². The highest BCUT2D eigenvalue weighted by Gasteiger charge is 2.23. The van der Waals surface area contributed by atoms with E-state index in [4.69, 9.17) is 0 Å². The predicted octanol–water partition coefficient (Wildman–Crippen LogP) is 40.7. The van der Waals surface area contributed by atoms with Crippen molar-refractivity contribution in [1.29, 1.82) is 0 Å². The second kappa shape index (κ2) is 41.5. The first-order valence-electron chi connectivity index (χ1n) is 50.5. The Hall–Kier alpha value is -19.3. The number of para-hydroxylation sites is 2. The van der Waals surface area contributed by atoms with Gasteiger partial charge in [-0.1, -0.05) is 467 Å². The van der Waals surface area contributed by atoms with Gasteiger partial charge in [-0.25, -0.2) is 0 Å². The van der Waals surface area contributed by atoms with Crippen molar-refractivity contribution in [3.63, 3.8) is 0 Å². The van der Waals surface area contributed by atoms with Gasteiger partial charge in [-0.3, -0.25) is 0 Å². The zero-order chi connectivity index (χ0) is 98.0. The van der Waals surface area contributed by atoms with Gasteiger partial charge in [-0.15, -0.1) is 0 Å². The fraction of sp³-hybridized carbons (Fsp3) is 0. The lowest BCUT2D eigenvalue weighted by atomic mass is 9.91. The van der Waals surface area contributed by atoms with Crippen LogP contribution in [0.3, 0.4) is 0 Å². The van der Waals surface area contributed by atoms with Crippen molar-refractivity contribution in [2.75, 3.05) is 14.7 Å². The highest BCUT2D eigenvalue weighted by Crippen LogP contribution is 2.49. The Morgan fingerprint density at radius 2 is 0.286 bits per heavy atom. The van der Waals surface area contributed by atoms with Gasteiger partial charge in [0.15, 0.2) is 0 Å². The molecule has 26 aromatic carbocycles. The molecule has 0 heterocycles. The molecule has 0 unspecified atom stereocenters. The Morgan fingerprint density at radius 1 is 0.0884 bits per heavy atom. The molecule has 0 aromatic heterocycles. The van der Waals surface area contributed by atoms with Crippen LogP contribution >= 0.6 is 0 Å². The van der Waals surface area contributed by atoms with E-state index >= 15 is 0 Å². The van der Waals surface area contributed by atoms with Crippen molar-refractivity contribution < 1.29 is 0 Å². The fourth-order valence-electron chi connectivity index (χ4n) is 20.9. The summed E-state index contributed by atoms with van der Waals surface area (Å²) in [5, 5.41) is 14.9. The standard InChI is InChI=1S/C52H35N.2C46H33N/c1-2-13-37(14-3-1)50-33-40-16-4-5-17-41(40)34-51(50)39-27-31-44(32-28-39)53(52-35-42-18-7-9-21-47(42)48-22-10-11-23-49(48)52)43-29-25-38(26-30-43)46-24-12-19-36-15-6-8-20-45(36)46;1-4-13-34(14-5-1)38-19-12-20-39(31-38)35-23-27-43(28-24-35)47(42-21-8-3-9-22-42)44-29-25-37(26-30-44)46-33-41-18-11-10-17-40(41)32-45(46)36-15-6-2-7-16-36;1-4-12-34(13-5-1)35-20-22-36(23-21-35)37-24-28-43(29-25-37)47(42-18-8-3-9-19-42)44-30-26-39(27-31-44)46-33-41-17-11-10-16-40(41)32-45(46)38-14-6-2-7-15-38/h1-35H;2*1-33H. The maximum absolute atomic E-state index is 2.42. The Labute approximate surface area is 859 Å². The molecule has 26 rings (SSSR count). The Balaban J connectivity index is 0.000000118. The molecule has 0 radical (unpaired) electrons. The van der Waals surface area contributed by atoms with Gasteiger partial charge in [-0.2, -0.15) is 0 Å². The lowest BCUT2D eigenvalue weighted by molar-refractivity contribution is 1.28. The maximum Gasteiger partial charge on any atom is 0.0546 e. The second-order valence-electron chi connectivity index (χ2n) is 37.4. The minimum Gasteiger partial charge on any atom is -0.311 e. The van der Waals surface area contributed by atoms with E-state index < -0.39 is 0 Å². The van der Waals surface area contributed by atoms with Gasteiger partial charge in [0.1, 0.15) is 0 Å². The summed E-state index contributed by atoms with van der Waals surface area (Å²) in [5.74, 6) is 0. The van der Waals surface area contributed by atoms with Crippen LogP contribution in [0.4, 0.5) is 51.2 Å². The molecular weight excluding hydrogens is 1770 g/mol. The summed E-state index contributed by atoms with van der Waals surface area (Å²) in [7, 11) is 0. The van der Waals surface area contributed by atoms with Gasteiger partial charge in [0.05, 0.1) is 5.69 Å². The van der Waals surface area contributed by atoms with Crippen molar-refractivity contribution in [3.8, 4) is 122 Å². The van der Waals surface area contributed by atoms with Crippen LogP contribution in [-0.2, 0) is 0 Å². The minimum atomic E-state index is 1.11. The molecule has 3 nitrogen and oxygen atoms in total. The van der Waals surface area contributed by atoms with Crippen molar-refractivity contribution in [3.05, 3.63) is 613 Å². The third-order valence-corrected chi connectivity index (χ3v) is 28.3. The molecule has 0 saturated carbocycles. The molecule has 0 amide bonds. The molecule has 0 spiro atoms. The summed E-state index contributed by atoms with van der Waals surface area (Å²) in [6.07, 6.45) is 0. The number of benzene rings is 26. The van der Waals surface area contributed by atoms with Gasteiger partial charge >= 0.3 is 0 Å². The zero-order valence-electron chi connectivity index (χ0n) is 81.2. The highest BCUT2D eigenvalue weighted by atomic mass is 15.2. The van der Waals surface area contributed by atoms with Crippen LogP contribution in [0.25, 0.3) is 187 Å². The molecule has 0 aliphatic carbocycles. The molecule has 3 heteroatoms. The van der Waals surface area contributed by atoms with E-state index in [0.717, 1.165) is 51.2 Å². The van der Waals surface area contributed by atoms with Crippen molar-refractivity contribution >= 4 is 116 Å². The largest absolute Gasteiger partial charge is 0.311 e. The van der Waals surface area contributed by atoms with Crippen molar-refractivity contribution in [2.24, 2.45) is 0 Å². The van der Waals surface area contributed by atoms with Crippen LogP contribution in [0.1, 0.15) is 0 Å². The maximum atomic E-state index is 2.42. The normalized spacial score (nSPS) is 11.1. The molecule has 0 bridgehead atoms. The second-order valence-corrected chi connectivity index (χ2v) is 37.4. The Morgan fingerprint density at radius 3 is 0.626 bits per heavy atom. The van der Waals surface area contributed by atoms with Gasteiger partial charge < -0.3 is 14.7 Å². The van der Waals surface area contributed by atoms with Crippen molar-refractivity contribution in [1.82, 2.24) is 0 Å². The summed E-state index contributed by atoms with van der Waals surface area (Å²) in [5.41, 5.74) is 36.9. The van der Waals surface area contributed by atoms with Crippen molar-refractivity contribution in [2.45, 2.75) is 0 Å². The van der Waals surface area contributed by atoms with Crippen LogP contribution in [0, 0.1) is 0 Å². The average Bonchev–Trinajstić information content (AvgIpc) is 0.752. The first kappa shape index (κ1) is 90.2. The predicted molar refractivity (Wildman–Crippen MR) is 628 cm³/mol. The Bertz CT molecular complexity index is 9100. The molecule has 0 atom stereocenters. The van der Waals surface area contributed by atoms with Crippen LogP contribution in [-0.4, -0.2) is 0 Å². The third-order valence-electron chi connectivity index (χ3n) is 28.3. The monoisotopic (exact) mass is 1870 g/mol. The first-order valence-corrected chi connectivity index (χ1v) is 50.5. The minimum absolute atomic E-state index is 1.11. The summed E-state index contributed by atoms with van der Waals surface area (Å²) in [6, 6.07) is 221. The molecule has 0 aliphatic rings. The smallest absolute Gasteiger partial charge is 0.0546 e. The van der Waals surface area contributed by atoms with Crippen LogP contribution in [0.15, 0.2) is 613 Å². The van der Waals surface area contributed by atoms with E-state index in [1.54, 1.807) is 0 Å². The average molecular weight is 1870 g/mol. The Kier molecular flexibility index (Phi) is 25.5. The third kappa shape index (κ3) is 19.1. The lowest BCUT2D eigenvalue weighted by Crippen LogP contribution is -2.10. The number of fused-ring (bicyclic) bond motifs is 7. The number of nitrogens with zero attached hydrogens (tertiary/aromatic N) is 3. The molecule has 26 aromatic rings. The quantitative estimate of drug-likeness (QED) is 0.0704. The molecular formula is C144H101N3. The van der Waals surface area contributed by atoms with Gasteiger partial charge in [-0.05, 0) is 327 Å². The number of hydrogen-bond donors (Lipinski definition) is 0.